The Morgan fingerprint density at radius 2 is 2.24 bits per heavy atom. The summed E-state index contributed by atoms with van der Waals surface area (Å²) in [7, 11) is 0. The lowest BCUT2D eigenvalue weighted by Crippen LogP contribution is -2.70. The molecular weight excluding hydrogens is 304 g/mol. The fourth-order valence-electron chi connectivity index (χ4n) is 3.45. The highest BCUT2D eigenvalue weighted by Gasteiger charge is 2.54. The fourth-order valence-corrected chi connectivity index (χ4v) is 4.11. The number of hydrogen-bond donors (Lipinski definition) is 1. The predicted molar refractivity (Wildman–Crippen MR) is 89.7 cm³/mol. The van der Waals surface area contributed by atoms with Gasteiger partial charge in [0, 0.05) is 22.5 Å². The molecule has 0 radical (unpaired) electrons. The van der Waals surface area contributed by atoms with Gasteiger partial charge < -0.3 is 15.0 Å². The van der Waals surface area contributed by atoms with Crippen molar-refractivity contribution in [3.05, 3.63) is 28.8 Å². The first kappa shape index (κ1) is 14.9. The normalized spacial score (nSPS) is 32.0. The Balaban J connectivity index is 2.11. The van der Waals surface area contributed by atoms with E-state index in [0.717, 1.165) is 27.9 Å². The van der Waals surface area contributed by atoms with Crippen LogP contribution in [0.25, 0.3) is 0 Å². The number of hydrogen-bond acceptors (Lipinski definition) is 2. The molecule has 4 unspecified atom stereocenters. The molecule has 0 saturated carbocycles. The molecule has 3 rings (SSSR count). The Morgan fingerprint density at radius 3 is 2.90 bits per heavy atom. The van der Waals surface area contributed by atoms with Crippen molar-refractivity contribution in [2.45, 2.75) is 51.9 Å². The Morgan fingerprint density at radius 1 is 1.52 bits per heavy atom. The summed E-state index contributed by atoms with van der Waals surface area (Å²) in [6.45, 7) is 8.71. The van der Waals surface area contributed by atoms with E-state index in [4.69, 9.17) is 28.6 Å². The maximum absolute atomic E-state index is 6.40. The van der Waals surface area contributed by atoms with Crippen molar-refractivity contribution >= 4 is 28.9 Å². The Hall–Kier alpha value is -1.00. The summed E-state index contributed by atoms with van der Waals surface area (Å²) in [5.41, 5.74) is 0.669. The van der Waals surface area contributed by atoms with E-state index in [9.17, 15) is 0 Å². The van der Waals surface area contributed by atoms with Gasteiger partial charge in [-0.15, -0.1) is 0 Å². The lowest BCUT2D eigenvalue weighted by Gasteiger charge is -2.57. The van der Waals surface area contributed by atoms with Crippen LogP contribution in [0.5, 0.6) is 5.75 Å². The van der Waals surface area contributed by atoms with Gasteiger partial charge in [-0.05, 0) is 50.7 Å². The van der Waals surface area contributed by atoms with Crippen molar-refractivity contribution in [1.29, 1.82) is 0 Å². The summed E-state index contributed by atoms with van der Waals surface area (Å²) >= 11 is 11.8. The number of benzene rings is 1. The number of halogens is 1. The van der Waals surface area contributed by atoms with Gasteiger partial charge in [-0.25, -0.2) is 0 Å². The van der Waals surface area contributed by atoms with E-state index >= 15 is 0 Å². The minimum Gasteiger partial charge on any atom is -0.467 e. The number of nitrogens with one attached hydrogen (secondary N) is 1. The molecule has 0 aliphatic carbocycles. The number of ether oxygens (including phenoxy) is 1. The highest BCUT2D eigenvalue weighted by Crippen LogP contribution is 2.49. The summed E-state index contributed by atoms with van der Waals surface area (Å²) in [6, 6.07) is 6.28. The van der Waals surface area contributed by atoms with Crippen molar-refractivity contribution in [3.63, 3.8) is 0 Å². The molecule has 0 spiro atoms. The first-order chi connectivity index (χ1) is 9.88. The Kier molecular flexibility index (Phi) is 3.57. The van der Waals surface area contributed by atoms with Crippen LogP contribution in [-0.4, -0.2) is 21.8 Å². The molecule has 114 valence electrons. The van der Waals surface area contributed by atoms with Gasteiger partial charge in [-0.3, -0.25) is 0 Å². The van der Waals surface area contributed by atoms with Crippen LogP contribution in [0.1, 0.15) is 45.7 Å². The smallest absolute Gasteiger partial charge is 0.187 e. The molecule has 4 atom stereocenters. The summed E-state index contributed by atoms with van der Waals surface area (Å²) in [6.07, 6.45) is 1.02. The molecule has 1 fully saturated rings. The molecule has 5 heteroatoms. The minimum absolute atomic E-state index is 0.144. The van der Waals surface area contributed by atoms with Crippen LogP contribution in [0.15, 0.2) is 18.2 Å². The number of nitrogens with zero attached hydrogens (tertiary/aromatic N) is 1. The summed E-state index contributed by atoms with van der Waals surface area (Å²) in [5.74, 6) is 1.16. The average Bonchev–Trinajstić information content (AvgIpc) is 2.43. The number of fused-ring (bicyclic) bond motifs is 4. The highest BCUT2D eigenvalue weighted by molar-refractivity contribution is 7.80. The van der Waals surface area contributed by atoms with Crippen LogP contribution in [0, 0.1) is 5.92 Å². The second-order valence-corrected chi connectivity index (χ2v) is 7.01. The molecule has 1 aromatic rings. The largest absolute Gasteiger partial charge is 0.467 e. The van der Waals surface area contributed by atoms with Gasteiger partial charge in [0.05, 0.1) is 6.04 Å². The maximum Gasteiger partial charge on any atom is 0.187 e. The van der Waals surface area contributed by atoms with Crippen LogP contribution in [0.3, 0.4) is 0 Å². The van der Waals surface area contributed by atoms with E-state index in [1.807, 2.05) is 18.2 Å². The zero-order valence-corrected chi connectivity index (χ0v) is 14.4. The van der Waals surface area contributed by atoms with Crippen LogP contribution in [0.4, 0.5) is 0 Å². The molecule has 2 heterocycles. The lowest BCUT2D eigenvalue weighted by molar-refractivity contribution is -0.123. The Bertz CT molecular complexity index is 594. The molecule has 2 aliphatic heterocycles. The van der Waals surface area contributed by atoms with Crippen molar-refractivity contribution in [3.8, 4) is 5.75 Å². The molecule has 0 aromatic heterocycles. The third kappa shape index (κ3) is 2.11. The number of thiocarbonyl (C=S) groups is 1. The first-order valence-corrected chi connectivity index (χ1v) is 8.25. The number of rotatable bonds is 2. The Labute approximate surface area is 136 Å². The summed E-state index contributed by atoms with van der Waals surface area (Å²) in [5, 5.41) is 4.98. The van der Waals surface area contributed by atoms with Gasteiger partial charge in [0.1, 0.15) is 5.75 Å². The zero-order valence-electron chi connectivity index (χ0n) is 12.8. The molecule has 1 saturated heterocycles. The molecule has 1 aromatic carbocycles. The van der Waals surface area contributed by atoms with Crippen molar-refractivity contribution < 1.29 is 4.74 Å². The van der Waals surface area contributed by atoms with Gasteiger partial charge in [0.15, 0.2) is 10.8 Å². The summed E-state index contributed by atoms with van der Waals surface area (Å²) in [4.78, 5) is 2.21. The standard InChI is InChI=1S/C16H21ClN2OS/c1-5-9(2)19-15(21)18-14-10(3)16(19,4)20-13-7-6-11(17)8-12(13)14/h6-10,14H,5H2,1-4H3,(H,18,21). The lowest BCUT2D eigenvalue weighted by atomic mass is 9.80. The van der Waals surface area contributed by atoms with Crippen molar-refractivity contribution in [1.82, 2.24) is 10.2 Å². The molecule has 21 heavy (non-hydrogen) atoms. The maximum atomic E-state index is 6.40. The molecule has 1 N–H and O–H groups in total. The molecular formula is C16H21ClN2OS. The average molecular weight is 325 g/mol. The van der Waals surface area contributed by atoms with Gasteiger partial charge in [0.2, 0.25) is 0 Å². The molecule has 3 nitrogen and oxygen atoms in total. The van der Waals surface area contributed by atoms with Crippen LogP contribution < -0.4 is 10.1 Å². The molecule has 2 aliphatic rings. The van der Waals surface area contributed by atoms with Gasteiger partial charge in [-0.1, -0.05) is 25.4 Å². The zero-order chi connectivity index (χ0) is 15.4. The predicted octanol–water partition coefficient (Wildman–Crippen LogP) is 4.11. The third-order valence-corrected chi connectivity index (χ3v) is 5.53. The van der Waals surface area contributed by atoms with E-state index in [1.165, 1.54) is 0 Å². The second kappa shape index (κ2) is 5.03. The van der Waals surface area contributed by atoms with E-state index in [2.05, 4.69) is 37.9 Å². The molecule has 0 amide bonds. The topological polar surface area (TPSA) is 24.5 Å². The van der Waals surface area contributed by atoms with E-state index in [-0.39, 0.29) is 12.0 Å². The van der Waals surface area contributed by atoms with E-state index < -0.39 is 5.72 Å². The van der Waals surface area contributed by atoms with Gasteiger partial charge in [-0.2, -0.15) is 0 Å². The van der Waals surface area contributed by atoms with Crippen LogP contribution in [-0.2, 0) is 0 Å². The van der Waals surface area contributed by atoms with E-state index in [1.54, 1.807) is 0 Å². The first-order valence-electron chi connectivity index (χ1n) is 7.46. The molecule has 2 bridgehead atoms. The van der Waals surface area contributed by atoms with E-state index in [0.29, 0.717) is 6.04 Å². The summed E-state index contributed by atoms with van der Waals surface area (Å²) < 4.78 is 6.40. The second-order valence-electron chi connectivity index (χ2n) is 6.18. The van der Waals surface area contributed by atoms with Gasteiger partial charge in [0.25, 0.3) is 0 Å². The third-order valence-electron chi connectivity index (χ3n) is 4.98. The SMILES string of the molecule is CCC(C)N1C(=S)NC2c3cc(Cl)ccc3OC1(C)C2C. The quantitative estimate of drug-likeness (QED) is 0.827. The fraction of sp³-hybridized carbons (Fsp3) is 0.562. The van der Waals surface area contributed by atoms with Crippen LogP contribution >= 0.6 is 23.8 Å². The monoisotopic (exact) mass is 324 g/mol. The van der Waals surface area contributed by atoms with Crippen LogP contribution in [0.2, 0.25) is 5.02 Å². The van der Waals surface area contributed by atoms with Gasteiger partial charge >= 0.3 is 0 Å². The van der Waals surface area contributed by atoms with Crippen molar-refractivity contribution in [2.24, 2.45) is 5.92 Å². The van der Waals surface area contributed by atoms with Crippen molar-refractivity contribution in [2.75, 3.05) is 0 Å². The highest BCUT2D eigenvalue weighted by atomic mass is 35.5. The minimum atomic E-state index is -0.427.